The predicted octanol–water partition coefficient (Wildman–Crippen LogP) is 0.206. The summed E-state index contributed by atoms with van der Waals surface area (Å²) >= 11 is 0. The summed E-state index contributed by atoms with van der Waals surface area (Å²) in [5, 5.41) is 0. The summed E-state index contributed by atoms with van der Waals surface area (Å²) in [5.74, 6) is -0.142. The van der Waals surface area contributed by atoms with E-state index in [4.69, 9.17) is 15.2 Å². The van der Waals surface area contributed by atoms with Gasteiger partial charge in [-0.05, 0) is 6.07 Å². The molecule has 5 heteroatoms. The smallest absolute Gasteiger partial charge is 0.252 e. The summed E-state index contributed by atoms with van der Waals surface area (Å²) in [6.07, 6.45) is 2.94. The van der Waals surface area contributed by atoms with Gasteiger partial charge >= 0.3 is 0 Å². The number of carbonyl (C=O) groups excluding carboxylic acids is 1. The lowest BCUT2D eigenvalue weighted by atomic mass is 10.2. The molecule has 1 rings (SSSR count). The van der Waals surface area contributed by atoms with Gasteiger partial charge in [-0.1, -0.05) is 0 Å². The van der Waals surface area contributed by atoms with Crippen molar-refractivity contribution in [3.05, 3.63) is 24.0 Å². The zero-order chi connectivity index (χ0) is 10.4. The molecule has 0 aliphatic heterocycles. The van der Waals surface area contributed by atoms with E-state index >= 15 is 0 Å². The van der Waals surface area contributed by atoms with Crippen molar-refractivity contribution in [1.29, 1.82) is 0 Å². The fraction of sp³-hybridized carbons (Fsp3) is 0.333. The number of pyridine rings is 1. The molecule has 0 bridgehead atoms. The van der Waals surface area contributed by atoms with Crippen molar-refractivity contribution in [3.63, 3.8) is 0 Å². The lowest BCUT2D eigenvalue weighted by Crippen LogP contribution is -2.14. The van der Waals surface area contributed by atoms with Crippen LogP contribution in [0.3, 0.4) is 0 Å². The van der Waals surface area contributed by atoms with Crippen LogP contribution < -0.4 is 10.5 Å². The van der Waals surface area contributed by atoms with Gasteiger partial charge in [-0.15, -0.1) is 0 Å². The second kappa shape index (κ2) is 5.18. The Morgan fingerprint density at radius 2 is 2.36 bits per heavy atom. The highest BCUT2D eigenvalue weighted by Gasteiger charge is 2.08. The maximum absolute atomic E-state index is 10.9. The lowest BCUT2D eigenvalue weighted by molar-refractivity contribution is 0.0992. The zero-order valence-electron chi connectivity index (χ0n) is 7.90. The Labute approximate surface area is 81.8 Å². The molecule has 0 atom stereocenters. The van der Waals surface area contributed by atoms with E-state index in [9.17, 15) is 4.79 Å². The average Bonchev–Trinajstić information content (AvgIpc) is 2.19. The molecule has 0 unspecified atom stereocenters. The minimum Gasteiger partial charge on any atom is -0.489 e. The molecule has 2 N–H and O–H groups in total. The molecule has 0 aliphatic rings. The number of hydrogen-bond donors (Lipinski definition) is 1. The van der Waals surface area contributed by atoms with Gasteiger partial charge in [-0.25, -0.2) is 0 Å². The predicted molar refractivity (Wildman–Crippen MR) is 50.1 cm³/mol. The molecule has 5 nitrogen and oxygen atoms in total. The van der Waals surface area contributed by atoms with Gasteiger partial charge in [0.15, 0.2) is 0 Å². The molecule has 0 aromatic carbocycles. The monoisotopic (exact) mass is 196 g/mol. The van der Waals surface area contributed by atoms with Crippen molar-refractivity contribution in [1.82, 2.24) is 4.98 Å². The van der Waals surface area contributed by atoms with E-state index in [1.807, 2.05) is 0 Å². The van der Waals surface area contributed by atoms with Crippen LogP contribution >= 0.6 is 0 Å². The Hall–Kier alpha value is -1.62. The van der Waals surface area contributed by atoms with E-state index in [0.29, 0.717) is 24.5 Å². The van der Waals surface area contributed by atoms with Gasteiger partial charge in [0.05, 0.1) is 18.4 Å². The summed E-state index contributed by atoms with van der Waals surface area (Å²) in [4.78, 5) is 14.8. The Kier molecular flexibility index (Phi) is 3.87. The van der Waals surface area contributed by atoms with Gasteiger partial charge < -0.3 is 15.2 Å². The van der Waals surface area contributed by atoms with Crippen LogP contribution in [-0.4, -0.2) is 31.2 Å². The maximum Gasteiger partial charge on any atom is 0.252 e. The van der Waals surface area contributed by atoms with Gasteiger partial charge in [0, 0.05) is 13.3 Å². The molecule has 0 saturated heterocycles. The highest BCUT2D eigenvalue weighted by atomic mass is 16.5. The molecule has 76 valence electrons. The average molecular weight is 196 g/mol. The molecule has 0 saturated carbocycles. The number of ether oxygens (including phenoxy) is 2. The Bertz CT molecular complexity index is 315. The minimum atomic E-state index is -0.528. The van der Waals surface area contributed by atoms with Crippen LogP contribution in [0, 0.1) is 0 Å². The number of methoxy groups -OCH3 is 1. The van der Waals surface area contributed by atoms with Crippen LogP contribution in [-0.2, 0) is 4.74 Å². The Balaban J connectivity index is 2.69. The number of nitrogens with two attached hydrogens (primary N) is 1. The first-order valence-electron chi connectivity index (χ1n) is 4.11. The number of hydrogen-bond acceptors (Lipinski definition) is 4. The Morgan fingerprint density at radius 3 is 3.00 bits per heavy atom. The highest BCUT2D eigenvalue weighted by molar-refractivity contribution is 5.95. The largest absolute Gasteiger partial charge is 0.489 e. The number of rotatable bonds is 5. The SMILES string of the molecule is COCCOc1cnccc1C(N)=O. The first-order valence-corrected chi connectivity index (χ1v) is 4.11. The molecule has 1 amide bonds. The summed E-state index contributed by atoms with van der Waals surface area (Å²) in [6, 6.07) is 1.52. The topological polar surface area (TPSA) is 74.4 Å². The van der Waals surface area contributed by atoms with E-state index in [-0.39, 0.29) is 0 Å². The highest BCUT2D eigenvalue weighted by Crippen LogP contribution is 2.14. The number of carbonyl (C=O) groups is 1. The first-order chi connectivity index (χ1) is 6.75. The van der Waals surface area contributed by atoms with Gasteiger partial charge in [0.1, 0.15) is 12.4 Å². The molecule has 14 heavy (non-hydrogen) atoms. The van der Waals surface area contributed by atoms with E-state index < -0.39 is 5.91 Å². The molecular weight excluding hydrogens is 184 g/mol. The summed E-state index contributed by atoms with van der Waals surface area (Å²) in [7, 11) is 1.57. The molecule has 1 aromatic rings. The lowest BCUT2D eigenvalue weighted by Gasteiger charge is -2.07. The second-order valence-corrected chi connectivity index (χ2v) is 2.58. The molecule has 0 radical (unpaired) electrons. The van der Waals surface area contributed by atoms with Crippen molar-refractivity contribution >= 4 is 5.91 Å². The Morgan fingerprint density at radius 1 is 1.57 bits per heavy atom. The first kappa shape index (κ1) is 10.5. The number of primary amides is 1. The standard InChI is InChI=1S/C9H12N2O3/c1-13-4-5-14-8-6-11-3-2-7(8)9(10)12/h2-3,6H,4-5H2,1H3,(H2,10,12). The fourth-order valence-corrected chi connectivity index (χ4v) is 0.934. The van der Waals surface area contributed by atoms with Crippen LogP contribution in [0.1, 0.15) is 10.4 Å². The normalized spacial score (nSPS) is 9.79. The van der Waals surface area contributed by atoms with Gasteiger partial charge in [0.2, 0.25) is 0 Å². The van der Waals surface area contributed by atoms with E-state index in [1.165, 1.54) is 18.5 Å². The van der Waals surface area contributed by atoms with Crippen LogP contribution in [0.15, 0.2) is 18.5 Å². The third-order valence-electron chi connectivity index (χ3n) is 1.59. The van der Waals surface area contributed by atoms with Crippen LogP contribution in [0.2, 0.25) is 0 Å². The quantitative estimate of drug-likeness (QED) is 0.683. The van der Waals surface area contributed by atoms with E-state index in [1.54, 1.807) is 7.11 Å². The zero-order valence-corrected chi connectivity index (χ0v) is 7.90. The van der Waals surface area contributed by atoms with Crippen molar-refractivity contribution < 1.29 is 14.3 Å². The van der Waals surface area contributed by atoms with E-state index in [2.05, 4.69) is 4.98 Å². The summed E-state index contributed by atoms with van der Waals surface area (Å²) < 4.78 is 10.1. The van der Waals surface area contributed by atoms with Gasteiger partial charge in [-0.3, -0.25) is 9.78 Å². The van der Waals surface area contributed by atoms with Crippen LogP contribution in [0.5, 0.6) is 5.75 Å². The van der Waals surface area contributed by atoms with Crippen molar-refractivity contribution in [2.75, 3.05) is 20.3 Å². The molecule has 1 heterocycles. The van der Waals surface area contributed by atoms with Crippen molar-refractivity contribution in [2.24, 2.45) is 5.73 Å². The molecule has 0 fully saturated rings. The molecule has 1 aromatic heterocycles. The minimum absolute atomic E-state index is 0.330. The van der Waals surface area contributed by atoms with Gasteiger partial charge in [0.25, 0.3) is 5.91 Å². The maximum atomic E-state index is 10.9. The number of nitrogens with zero attached hydrogens (tertiary/aromatic N) is 1. The third-order valence-corrected chi connectivity index (χ3v) is 1.59. The third kappa shape index (κ3) is 2.70. The van der Waals surface area contributed by atoms with E-state index in [0.717, 1.165) is 0 Å². The number of aromatic nitrogens is 1. The van der Waals surface area contributed by atoms with Crippen molar-refractivity contribution in [3.8, 4) is 5.75 Å². The molecule has 0 aliphatic carbocycles. The molecular formula is C9H12N2O3. The van der Waals surface area contributed by atoms with Gasteiger partial charge in [-0.2, -0.15) is 0 Å². The fourth-order valence-electron chi connectivity index (χ4n) is 0.934. The van der Waals surface area contributed by atoms with Crippen LogP contribution in [0.25, 0.3) is 0 Å². The number of amides is 1. The molecule has 0 spiro atoms. The second-order valence-electron chi connectivity index (χ2n) is 2.58. The summed E-state index contributed by atoms with van der Waals surface area (Å²) in [5.41, 5.74) is 5.47. The van der Waals surface area contributed by atoms with Crippen LogP contribution in [0.4, 0.5) is 0 Å². The summed E-state index contributed by atoms with van der Waals surface area (Å²) in [6.45, 7) is 0.815. The van der Waals surface area contributed by atoms with Crippen molar-refractivity contribution in [2.45, 2.75) is 0 Å².